The van der Waals surface area contributed by atoms with E-state index in [1.165, 1.54) is 30.8 Å². The van der Waals surface area contributed by atoms with E-state index in [1.807, 2.05) is 18.4 Å². The summed E-state index contributed by atoms with van der Waals surface area (Å²) in [4.78, 5) is 8.42. The third-order valence-electron chi connectivity index (χ3n) is 4.80. The van der Waals surface area contributed by atoms with Crippen molar-refractivity contribution >= 4 is 17.3 Å². The van der Waals surface area contributed by atoms with Crippen LogP contribution >= 0.6 is 11.3 Å². The van der Waals surface area contributed by atoms with E-state index in [0.29, 0.717) is 6.04 Å². The van der Waals surface area contributed by atoms with Gasteiger partial charge >= 0.3 is 0 Å². The highest BCUT2D eigenvalue weighted by atomic mass is 32.1. The minimum absolute atomic E-state index is 0.522. The molecule has 0 spiro atoms. The van der Waals surface area contributed by atoms with Crippen LogP contribution in [0.2, 0.25) is 0 Å². The lowest BCUT2D eigenvalue weighted by Gasteiger charge is -2.32. The summed E-state index contributed by atoms with van der Waals surface area (Å²) < 4.78 is 0. The van der Waals surface area contributed by atoms with Crippen molar-refractivity contribution in [3.8, 4) is 0 Å². The number of rotatable bonds is 5. The summed E-state index contributed by atoms with van der Waals surface area (Å²) >= 11 is 1.87. The van der Waals surface area contributed by atoms with Crippen LogP contribution in [-0.2, 0) is 6.54 Å². The fraction of sp³-hybridized carbons (Fsp3) is 0.611. The highest BCUT2D eigenvalue weighted by molar-refractivity contribution is 7.09. The minimum Gasteiger partial charge on any atom is -0.356 e. The lowest BCUT2D eigenvalue weighted by molar-refractivity contribution is 0.179. The van der Waals surface area contributed by atoms with E-state index in [1.54, 1.807) is 0 Å². The minimum atomic E-state index is 0.522. The van der Waals surface area contributed by atoms with Crippen molar-refractivity contribution in [2.24, 2.45) is 10.9 Å². The Morgan fingerprint density at radius 3 is 2.74 bits per heavy atom. The maximum absolute atomic E-state index is 4.36. The summed E-state index contributed by atoms with van der Waals surface area (Å²) in [6.45, 7) is 4.58. The normalized spacial score (nSPS) is 21.0. The van der Waals surface area contributed by atoms with Gasteiger partial charge in [-0.1, -0.05) is 18.2 Å². The molecule has 0 saturated carbocycles. The van der Waals surface area contributed by atoms with Gasteiger partial charge in [-0.25, -0.2) is 0 Å². The Bertz CT molecular complexity index is 507. The second kappa shape index (κ2) is 8.50. The molecular formula is C18H28N4S. The van der Waals surface area contributed by atoms with E-state index < -0.39 is 0 Å². The number of guanidine groups is 1. The molecule has 1 aromatic rings. The molecule has 0 aromatic carbocycles. The van der Waals surface area contributed by atoms with E-state index in [9.17, 15) is 0 Å². The summed E-state index contributed by atoms with van der Waals surface area (Å²) in [5.74, 6) is 1.72. The smallest absolute Gasteiger partial charge is 0.191 e. The Hall–Kier alpha value is -1.33. The molecule has 4 nitrogen and oxygen atoms in total. The topological polar surface area (TPSA) is 39.7 Å². The molecule has 5 heteroatoms. The third kappa shape index (κ3) is 5.08. The Labute approximate surface area is 143 Å². The summed E-state index contributed by atoms with van der Waals surface area (Å²) in [7, 11) is 1.86. The molecule has 23 heavy (non-hydrogen) atoms. The largest absolute Gasteiger partial charge is 0.356 e. The molecule has 2 aliphatic rings. The van der Waals surface area contributed by atoms with Crippen LogP contribution in [0.4, 0.5) is 0 Å². The number of thiophene rings is 1. The standard InChI is InChI=1S/C18H28N4S/c1-19-18(21-16-5-2-3-6-16)20-13-15-8-10-22(11-9-15)14-17-7-4-12-23-17/h2-4,7,12,15-16H,5-6,8-11,13-14H2,1H3,(H2,19,20,21). The molecule has 0 atom stereocenters. The molecule has 0 unspecified atom stereocenters. The first-order chi connectivity index (χ1) is 11.3. The van der Waals surface area contributed by atoms with Gasteiger partial charge in [0.15, 0.2) is 5.96 Å². The highest BCUT2D eigenvalue weighted by Gasteiger charge is 2.20. The molecule has 0 bridgehead atoms. The van der Waals surface area contributed by atoms with Gasteiger partial charge < -0.3 is 10.6 Å². The van der Waals surface area contributed by atoms with E-state index in [0.717, 1.165) is 37.8 Å². The molecule has 126 valence electrons. The van der Waals surface area contributed by atoms with E-state index in [2.05, 4.69) is 50.2 Å². The van der Waals surface area contributed by atoms with Gasteiger partial charge in [0.1, 0.15) is 0 Å². The molecule has 1 aliphatic carbocycles. The van der Waals surface area contributed by atoms with Gasteiger partial charge in [-0.05, 0) is 56.1 Å². The van der Waals surface area contributed by atoms with Crippen LogP contribution in [0.5, 0.6) is 0 Å². The number of likely N-dealkylation sites (tertiary alicyclic amines) is 1. The Morgan fingerprint density at radius 1 is 1.30 bits per heavy atom. The Morgan fingerprint density at radius 2 is 2.09 bits per heavy atom. The van der Waals surface area contributed by atoms with Crippen LogP contribution in [0.15, 0.2) is 34.7 Å². The zero-order valence-corrected chi connectivity index (χ0v) is 14.8. The highest BCUT2D eigenvalue weighted by Crippen LogP contribution is 2.20. The van der Waals surface area contributed by atoms with Crippen molar-refractivity contribution in [2.45, 2.75) is 38.3 Å². The number of nitrogens with one attached hydrogen (secondary N) is 2. The molecule has 0 amide bonds. The van der Waals surface area contributed by atoms with Gasteiger partial charge in [-0.3, -0.25) is 9.89 Å². The fourth-order valence-corrected chi connectivity index (χ4v) is 4.08. The van der Waals surface area contributed by atoms with E-state index >= 15 is 0 Å². The number of hydrogen-bond acceptors (Lipinski definition) is 3. The summed E-state index contributed by atoms with van der Waals surface area (Å²) in [6.07, 6.45) is 9.27. The molecular weight excluding hydrogens is 304 g/mol. The quantitative estimate of drug-likeness (QED) is 0.495. The van der Waals surface area contributed by atoms with E-state index in [-0.39, 0.29) is 0 Å². The maximum atomic E-state index is 4.36. The van der Waals surface area contributed by atoms with Crippen molar-refractivity contribution in [1.29, 1.82) is 0 Å². The van der Waals surface area contributed by atoms with Gasteiger partial charge in [0.2, 0.25) is 0 Å². The number of piperidine rings is 1. The zero-order chi connectivity index (χ0) is 15.9. The first kappa shape index (κ1) is 16.5. The first-order valence-corrected chi connectivity index (χ1v) is 9.58. The molecule has 0 radical (unpaired) electrons. The Kier molecular flexibility index (Phi) is 6.11. The van der Waals surface area contributed by atoms with Gasteiger partial charge in [0.05, 0.1) is 0 Å². The molecule has 1 saturated heterocycles. The predicted molar refractivity (Wildman–Crippen MR) is 99.0 cm³/mol. The van der Waals surface area contributed by atoms with Crippen LogP contribution in [0.3, 0.4) is 0 Å². The van der Waals surface area contributed by atoms with Crippen LogP contribution in [-0.4, -0.2) is 43.6 Å². The van der Waals surface area contributed by atoms with Crippen molar-refractivity contribution < 1.29 is 0 Å². The zero-order valence-electron chi connectivity index (χ0n) is 14.0. The lowest BCUT2D eigenvalue weighted by atomic mass is 9.97. The second-order valence-electron chi connectivity index (χ2n) is 6.54. The predicted octanol–water partition coefficient (Wildman–Crippen LogP) is 2.84. The van der Waals surface area contributed by atoms with E-state index in [4.69, 9.17) is 0 Å². The average molecular weight is 333 g/mol. The molecule has 3 rings (SSSR count). The number of aliphatic imine (C=N–C) groups is 1. The average Bonchev–Trinajstić information content (AvgIpc) is 3.26. The summed E-state index contributed by atoms with van der Waals surface area (Å²) in [5, 5.41) is 9.20. The second-order valence-corrected chi connectivity index (χ2v) is 7.57. The van der Waals surface area contributed by atoms with Crippen molar-refractivity contribution in [3.63, 3.8) is 0 Å². The van der Waals surface area contributed by atoms with Crippen molar-refractivity contribution in [3.05, 3.63) is 34.5 Å². The number of hydrogen-bond donors (Lipinski definition) is 2. The molecule has 2 heterocycles. The molecule has 1 aromatic heterocycles. The van der Waals surface area contributed by atoms with Crippen LogP contribution in [0, 0.1) is 5.92 Å². The maximum Gasteiger partial charge on any atom is 0.191 e. The third-order valence-corrected chi connectivity index (χ3v) is 5.66. The number of nitrogens with zero attached hydrogens (tertiary/aromatic N) is 2. The fourth-order valence-electron chi connectivity index (χ4n) is 3.34. The van der Waals surface area contributed by atoms with Crippen molar-refractivity contribution in [1.82, 2.24) is 15.5 Å². The summed E-state index contributed by atoms with van der Waals surface area (Å²) in [5.41, 5.74) is 0. The van der Waals surface area contributed by atoms with Crippen molar-refractivity contribution in [2.75, 3.05) is 26.7 Å². The van der Waals surface area contributed by atoms with Gasteiger partial charge in [0.25, 0.3) is 0 Å². The SMILES string of the molecule is CN=C(NCC1CCN(Cc2cccs2)CC1)NC1CC=CC1. The first-order valence-electron chi connectivity index (χ1n) is 8.70. The van der Waals surface area contributed by atoms with Gasteiger partial charge in [-0.2, -0.15) is 0 Å². The lowest BCUT2D eigenvalue weighted by Crippen LogP contribution is -2.45. The van der Waals surface area contributed by atoms with Crippen LogP contribution in [0.1, 0.15) is 30.6 Å². The summed E-state index contributed by atoms with van der Waals surface area (Å²) in [6, 6.07) is 4.91. The van der Waals surface area contributed by atoms with Crippen LogP contribution < -0.4 is 10.6 Å². The molecule has 1 aliphatic heterocycles. The monoisotopic (exact) mass is 332 g/mol. The van der Waals surface area contributed by atoms with Gasteiger partial charge in [0, 0.05) is 31.1 Å². The molecule has 1 fully saturated rings. The van der Waals surface area contributed by atoms with Gasteiger partial charge in [-0.15, -0.1) is 11.3 Å². The van der Waals surface area contributed by atoms with Crippen LogP contribution in [0.25, 0.3) is 0 Å². The molecule has 2 N–H and O–H groups in total. The Balaban J connectivity index is 1.35.